The number of benzene rings is 3. The minimum atomic E-state index is -4.43. The Bertz CT molecular complexity index is 2760. The van der Waals surface area contributed by atoms with Gasteiger partial charge in [0.2, 0.25) is 17.9 Å². The fourth-order valence-corrected chi connectivity index (χ4v) is 8.83. The third kappa shape index (κ3) is 12.9. The van der Waals surface area contributed by atoms with E-state index in [2.05, 4.69) is 35.5 Å². The van der Waals surface area contributed by atoms with Gasteiger partial charge in [0.1, 0.15) is 35.9 Å². The van der Waals surface area contributed by atoms with E-state index in [4.69, 9.17) is 30.5 Å². The number of aromatic nitrogens is 4. The standard InChI is InChI=1S/C47H46ClF4N7O8S/c1-3-64-45(63)36(22-31-20-28(21-38(61)62)4-11-35(31)66-25-33-12-14-55-46(58-33)65-19-13-47(50,51)52)67-43-40-39(42(68-44(40)57-26-56-43)29-5-8-32(49)9-6-29)34-10-7-30(41(48)27(34)2)23-53-15-17-59-18-16-54-37(60)24-59/h4-12,14,20,26,36,53H,3,13,15-19,21-25H2,1-2H3,(H,54,60)(H,61,62). The number of nitrogens with zero attached hydrogens (tertiary/aromatic N) is 5. The topological polar surface area (TPSA) is 187 Å². The van der Waals surface area contributed by atoms with Crippen molar-refractivity contribution >= 4 is 51.0 Å². The maximum absolute atomic E-state index is 14.3. The van der Waals surface area contributed by atoms with Crippen molar-refractivity contribution in [2.24, 2.45) is 0 Å². The van der Waals surface area contributed by atoms with E-state index >= 15 is 0 Å². The molecule has 1 amide bonds. The number of esters is 1. The lowest BCUT2D eigenvalue weighted by atomic mass is 9.94. The summed E-state index contributed by atoms with van der Waals surface area (Å²) in [6, 6.07) is 15.7. The fourth-order valence-electron chi connectivity index (χ4n) is 7.44. The highest BCUT2D eigenvalue weighted by Gasteiger charge is 2.30. The Morgan fingerprint density at radius 2 is 1.85 bits per heavy atom. The van der Waals surface area contributed by atoms with Gasteiger partial charge in [0.15, 0.2) is 0 Å². The molecule has 3 aromatic carbocycles. The average molecular weight is 980 g/mol. The second-order valence-corrected chi connectivity index (χ2v) is 17.0. The van der Waals surface area contributed by atoms with Crippen molar-refractivity contribution in [1.29, 1.82) is 0 Å². The third-order valence-corrected chi connectivity index (χ3v) is 12.4. The molecular formula is C47H46ClF4N7O8S. The second kappa shape index (κ2) is 22.5. The smallest absolute Gasteiger partial charge is 0.392 e. The van der Waals surface area contributed by atoms with Gasteiger partial charge in [0, 0.05) is 60.8 Å². The van der Waals surface area contributed by atoms with Crippen molar-refractivity contribution in [3.8, 4) is 39.2 Å². The summed E-state index contributed by atoms with van der Waals surface area (Å²) < 4.78 is 75.7. The van der Waals surface area contributed by atoms with Crippen molar-refractivity contribution < 1.29 is 56.0 Å². The highest BCUT2D eigenvalue weighted by atomic mass is 35.5. The van der Waals surface area contributed by atoms with Crippen LogP contribution in [0.15, 0.2) is 73.2 Å². The highest BCUT2D eigenvalue weighted by molar-refractivity contribution is 7.22. The molecule has 4 heterocycles. The van der Waals surface area contributed by atoms with Crippen LogP contribution in [0.1, 0.15) is 41.3 Å². The first-order chi connectivity index (χ1) is 32.6. The number of rotatable bonds is 21. The lowest BCUT2D eigenvalue weighted by Gasteiger charge is -2.26. The molecule has 0 spiro atoms. The Morgan fingerprint density at radius 1 is 1.04 bits per heavy atom. The van der Waals surface area contributed by atoms with Crippen molar-refractivity contribution in [3.05, 3.63) is 112 Å². The Kier molecular flexibility index (Phi) is 16.4. The number of fused-ring (bicyclic) bond motifs is 1. The van der Waals surface area contributed by atoms with Crippen LogP contribution < -0.4 is 24.8 Å². The van der Waals surface area contributed by atoms with Gasteiger partial charge < -0.3 is 34.7 Å². The van der Waals surface area contributed by atoms with Crippen LogP contribution >= 0.6 is 22.9 Å². The molecule has 3 N–H and O–H groups in total. The molecular weight excluding hydrogens is 934 g/mol. The maximum Gasteiger partial charge on any atom is 0.392 e. The minimum Gasteiger partial charge on any atom is -0.487 e. The van der Waals surface area contributed by atoms with Crippen LogP contribution in [0.3, 0.4) is 0 Å². The van der Waals surface area contributed by atoms with Crippen LogP contribution in [0.2, 0.25) is 5.02 Å². The summed E-state index contributed by atoms with van der Waals surface area (Å²) in [7, 11) is 0. The predicted molar refractivity (Wildman–Crippen MR) is 244 cm³/mol. The van der Waals surface area contributed by atoms with Crippen molar-refractivity contribution in [3.63, 3.8) is 0 Å². The number of halogens is 5. The number of carbonyl (C=O) groups excluding carboxylic acids is 2. The van der Waals surface area contributed by atoms with Gasteiger partial charge in [-0.2, -0.15) is 18.2 Å². The van der Waals surface area contributed by atoms with Crippen LogP contribution in [0.5, 0.6) is 17.6 Å². The van der Waals surface area contributed by atoms with Crippen molar-refractivity contribution in [1.82, 2.24) is 35.5 Å². The Balaban J connectivity index is 1.22. The van der Waals surface area contributed by atoms with Crippen LogP contribution in [-0.2, 0) is 45.1 Å². The molecule has 3 aromatic heterocycles. The fraction of sp³-hybridized carbons (Fsp3) is 0.340. The molecule has 0 saturated carbocycles. The number of ether oxygens (including phenoxy) is 4. The molecule has 15 nitrogen and oxygen atoms in total. The molecule has 358 valence electrons. The monoisotopic (exact) mass is 979 g/mol. The van der Waals surface area contributed by atoms with Gasteiger partial charge in [0.25, 0.3) is 0 Å². The first-order valence-corrected chi connectivity index (χ1v) is 22.7. The Morgan fingerprint density at radius 3 is 2.60 bits per heavy atom. The first kappa shape index (κ1) is 49.4. The zero-order valence-corrected chi connectivity index (χ0v) is 38.4. The van der Waals surface area contributed by atoms with Gasteiger partial charge in [-0.05, 0) is 71.5 Å². The van der Waals surface area contributed by atoms with E-state index in [0.717, 1.165) is 17.7 Å². The number of amides is 1. The molecule has 0 bridgehead atoms. The zero-order chi connectivity index (χ0) is 48.4. The number of hydrogen-bond acceptors (Lipinski definition) is 14. The summed E-state index contributed by atoms with van der Waals surface area (Å²) in [4.78, 5) is 57.9. The SMILES string of the molecule is CCOC(=O)C(Cc1cc(CC(=O)O)ccc1OCc1ccnc(OCCC(F)(F)F)n1)Oc1ncnc2sc(-c3ccc(F)cc3)c(-c3ccc(CNCCN4CCNC(=O)C4)c(Cl)c3C)c12. The number of hydrogen-bond donors (Lipinski definition) is 3. The van der Waals surface area contributed by atoms with E-state index in [1.54, 1.807) is 31.2 Å². The summed E-state index contributed by atoms with van der Waals surface area (Å²) in [5.74, 6) is -2.06. The van der Waals surface area contributed by atoms with Crippen molar-refractivity contribution in [2.75, 3.05) is 45.9 Å². The predicted octanol–water partition coefficient (Wildman–Crippen LogP) is 7.53. The number of carboxylic acids is 1. The Hall–Kier alpha value is -6.48. The highest BCUT2D eigenvalue weighted by Crippen LogP contribution is 2.49. The Labute approximate surface area is 396 Å². The largest absolute Gasteiger partial charge is 0.487 e. The van der Waals surface area contributed by atoms with E-state index in [0.29, 0.717) is 80.7 Å². The first-order valence-electron chi connectivity index (χ1n) is 21.5. The number of alkyl halides is 3. The molecule has 1 aliphatic rings. The summed E-state index contributed by atoms with van der Waals surface area (Å²) in [5, 5.41) is 16.8. The molecule has 0 aliphatic carbocycles. The molecule has 0 radical (unpaired) electrons. The molecule has 1 saturated heterocycles. The van der Waals surface area contributed by atoms with E-state index in [1.165, 1.54) is 48.1 Å². The third-order valence-electron chi connectivity index (χ3n) is 10.7. The van der Waals surface area contributed by atoms with Gasteiger partial charge in [-0.1, -0.05) is 48.0 Å². The maximum atomic E-state index is 14.3. The normalized spacial score (nSPS) is 13.5. The summed E-state index contributed by atoms with van der Waals surface area (Å²) in [6.45, 7) is 6.10. The number of carbonyl (C=O) groups is 3. The van der Waals surface area contributed by atoms with Gasteiger partial charge in [-0.15, -0.1) is 11.3 Å². The van der Waals surface area contributed by atoms with Gasteiger partial charge in [0.05, 0.1) is 37.1 Å². The van der Waals surface area contributed by atoms with Crippen LogP contribution in [0, 0.1) is 12.7 Å². The molecule has 1 fully saturated rings. The number of thiophene rings is 1. The van der Waals surface area contributed by atoms with Gasteiger partial charge in [-0.3, -0.25) is 14.5 Å². The van der Waals surface area contributed by atoms with Crippen molar-refractivity contribution in [2.45, 2.75) is 58.5 Å². The van der Waals surface area contributed by atoms with E-state index in [1.807, 2.05) is 19.1 Å². The lowest BCUT2D eigenvalue weighted by Crippen LogP contribution is -2.49. The number of piperazine rings is 1. The number of carboxylic acid groups (broad SMARTS) is 1. The quantitative estimate of drug-likeness (QED) is 0.0365. The van der Waals surface area contributed by atoms with Gasteiger partial charge in [-0.25, -0.2) is 24.1 Å². The van der Waals surface area contributed by atoms with Crippen LogP contribution in [0.25, 0.3) is 31.8 Å². The second-order valence-electron chi connectivity index (χ2n) is 15.6. The number of nitrogens with one attached hydrogen (secondary N) is 2. The minimum absolute atomic E-state index is 0.00162. The summed E-state index contributed by atoms with van der Waals surface area (Å²) in [5.41, 5.74) is 4.55. The average Bonchev–Trinajstić information content (AvgIpc) is 3.69. The molecule has 1 unspecified atom stereocenters. The lowest BCUT2D eigenvalue weighted by molar-refractivity contribution is -0.151. The molecule has 21 heteroatoms. The van der Waals surface area contributed by atoms with E-state index < -0.39 is 43.1 Å². The molecule has 6 aromatic rings. The zero-order valence-electron chi connectivity index (χ0n) is 36.8. The molecule has 7 rings (SSSR count). The summed E-state index contributed by atoms with van der Waals surface area (Å²) in [6.07, 6.45) is -4.96. The number of aliphatic carboxylic acids is 1. The van der Waals surface area contributed by atoms with Crippen LogP contribution in [0.4, 0.5) is 17.6 Å². The van der Waals surface area contributed by atoms with Gasteiger partial charge >= 0.3 is 24.1 Å². The van der Waals surface area contributed by atoms with E-state index in [9.17, 15) is 37.1 Å². The molecule has 1 aliphatic heterocycles. The molecule has 1 atom stereocenters. The van der Waals surface area contributed by atoms with E-state index in [-0.39, 0.29) is 55.3 Å². The molecule has 68 heavy (non-hydrogen) atoms. The summed E-state index contributed by atoms with van der Waals surface area (Å²) >= 11 is 8.43. The van der Waals surface area contributed by atoms with Crippen LogP contribution in [-0.4, -0.2) is 106 Å².